The highest BCUT2D eigenvalue weighted by Gasteiger charge is 2.37. The lowest BCUT2D eigenvalue weighted by atomic mass is 9.92. The zero-order chi connectivity index (χ0) is 15.4. The van der Waals surface area contributed by atoms with E-state index in [1.807, 2.05) is 0 Å². The van der Waals surface area contributed by atoms with Gasteiger partial charge < -0.3 is 10.1 Å². The summed E-state index contributed by atoms with van der Waals surface area (Å²) in [6, 6.07) is 7.11. The molecule has 118 valence electrons. The first-order chi connectivity index (χ1) is 10.0. The topological polar surface area (TPSA) is 45.3 Å². The second-order valence-corrected chi connectivity index (χ2v) is 6.17. The van der Waals surface area contributed by atoms with Gasteiger partial charge in [0.2, 0.25) is 0 Å². The molecular weight excluding hydrogens is 262 g/mol. The summed E-state index contributed by atoms with van der Waals surface area (Å²) < 4.78 is 6.24. The smallest absolute Gasteiger partial charge is 0.122 e. The van der Waals surface area contributed by atoms with Crippen molar-refractivity contribution in [1.82, 2.24) is 16.2 Å². The number of rotatable bonds is 6. The molecule has 0 saturated carbocycles. The molecule has 1 aromatic rings. The normalized spacial score (nSPS) is 26.8. The van der Waals surface area contributed by atoms with Crippen molar-refractivity contribution < 1.29 is 4.74 Å². The molecule has 1 aromatic carbocycles. The highest BCUT2D eigenvalue weighted by molar-refractivity contribution is 5.36. The zero-order valence-corrected chi connectivity index (χ0v) is 13.9. The van der Waals surface area contributed by atoms with Gasteiger partial charge in [0.15, 0.2) is 0 Å². The van der Waals surface area contributed by atoms with Crippen molar-refractivity contribution in [2.24, 2.45) is 5.92 Å². The average Bonchev–Trinajstić information content (AvgIpc) is 2.82. The van der Waals surface area contributed by atoms with E-state index in [0.29, 0.717) is 18.0 Å². The van der Waals surface area contributed by atoms with Crippen molar-refractivity contribution in [2.45, 2.75) is 52.8 Å². The number of aryl methyl sites for hydroxylation is 2. The lowest BCUT2D eigenvalue weighted by Gasteiger charge is -2.27. The van der Waals surface area contributed by atoms with Gasteiger partial charge in [0.1, 0.15) is 11.9 Å². The summed E-state index contributed by atoms with van der Waals surface area (Å²) in [5.74, 6) is 1.51. The molecule has 0 spiro atoms. The van der Waals surface area contributed by atoms with Crippen LogP contribution in [0.4, 0.5) is 0 Å². The van der Waals surface area contributed by atoms with Crippen LogP contribution in [0.1, 0.15) is 31.9 Å². The van der Waals surface area contributed by atoms with Gasteiger partial charge in [0, 0.05) is 18.5 Å². The minimum absolute atomic E-state index is 0.117. The zero-order valence-electron chi connectivity index (χ0n) is 13.9. The molecule has 4 unspecified atom stereocenters. The molecule has 2 rings (SSSR count). The highest BCUT2D eigenvalue weighted by Crippen LogP contribution is 2.24. The monoisotopic (exact) mass is 291 g/mol. The van der Waals surface area contributed by atoms with Crippen LogP contribution < -0.4 is 20.9 Å². The number of hydrogen-bond donors (Lipinski definition) is 3. The van der Waals surface area contributed by atoms with Crippen molar-refractivity contribution in [3.05, 3.63) is 29.3 Å². The van der Waals surface area contributed by atoms with Crippen LogP contribution in [0.2, 0.25) is 0 Å². The Morgan fingerprint density at radius 3 is 2.76 bits per heavy atom. The van der Waals surface area contributed by atoms with Gasteiger partial charge in [-0.05, 0) is 51.4 Å². The van der Waals surface area contributed by atoms with Gasteiger partial charge in [-0.1, -0.05) is 19.1 Å². The third-order valence-corrected chi connectivity index (χ3v) is 4.37. The summed E-state index contributed by atoms with van der Waals surface area (Å²) in [5, 5.41) is 3.45. The highest BCUT2D eigenvalue weighted by atomic mass is 16.5. The van der Waals surface area contributed by atoms with Crippen LogP contribution in [-0.2, 0) is 0 Å². The van der Waals surface area contributed by atoms with Crippen LogP contribution in [0, 0.1) is 19.8 Å². The molecule has 1 aliphatic rings. The molecule has 1 aliphatic heterocycles. The fourth-order valence-electron chi connectivity index (χ4n) is 2.94. The first-order valence-corrected chi connectivity index (χ1v) is 7.98. The summed E-state index contributed by atoms with van der Waals surface area (Å²) >= 11 is 0. The molecule has 0 bridgehead atoms. The van der Waals surface area contributed by atoms with Gasteiger partial charge in [0.25, 0.3) is 0 Å². The standard InChI is InChI=1S/C17H29N3O/c1-6-18-10-15-13(4)19-20-17(15)14(5)21-16-9-11(2)7-8-12(16)3/h7-9,13-15,17-20H,6,10H2,1-5H3. The quantitative estimate of drug-likeness (QED) is 0.751. The van der Waals surface area contributed by atoms with E-state index < -0.39 is 0 Å². The second kappa shape index (κ2) is 7.25. The number of hydrogen-bond acceptors (Lipinski definition) is 4. The Bertz CT molecular complexity index is 463. The largest absolute Gasteiger partial charge is 0.489 e. The van der Waals surface area contributed by atoms with Gasteiger partial charge in [-0.3, -0.25) is 10.9 Å². The van der Waals surface area contributed by atoms with Crippen LogP contribution in [0.3, 0.4) is 0 Å². The third-order valence-electron chi connectivity index (χ3n) is 4.37. The van der Waals surface area contributed by atoms with Gasteiger partial charge in [-0.25, -0.2) is 0 Å². The Labute approximate surface area is 128 Å². The molecule has 1 saturated heterocycles. The summed E-state index contributed by atoms with van der Waals surface area (Å²) in [5.41, 5.74) is 9.18. The van der Waals surface area contributed by atoms with Gasteiger partial charge in [-0.15, -0.1) is 0 Å². The molecular formula is C17H29N3O. The van der Waals surface area contributed by atoms with Crippen molar-refractivity contribution in [3.63, 3.8) is 0 Å². The number of benzene rings is 1. The Morgan fingerprint density at radius 2 is 2.05 bits per heavy atom. The van der Waals surface area contributed by atoms with Crippen LogP contribution in [0.25, 0.3) is 0 Å². The van der Waals surface area contributed by atoms with E-state index in [1.165, 1.54) is 11.1 Å². The van der Waals surface area contributed by atoms with E-state index in [2.05, 4.69) is 69.0 Å². The molecule has 0 aliphatic carbocycles. The van der Waals surface area contributed by atoms with E-state index in [1.54, 1.807) is 0 Å². The lowest BCUT2D eigenvalue weighted by molar-refractivity contribution is 0.152. The van der Waals surface area contributed by atoms with Crippen LogP contribution in [-0.4, -0.2) is 31.3 Å². The molecule has 0 aromatic heterocycles. The maximum absolute atomic E-state index is 6.24. The SMILES string of the molecule is CCNCC1C(C)NNC1C(C)Oc1cc(C)ccc1C. The van der Waals surface area contributed by atoms with E-state index in [-0.39, 0.29) is 6.10 Å². The fraction of sp³-hybridized carbons (Fsp3) is 0.647. The Hall–Kier alpha value is -1.10. The summed E-state index contributed by atoms with van der Waals surface area (Å²) in [6.07, 6.45) is 0.117. The maximum Gasteiger partial charge on any atom is 0.122 e. The summed E-state index contributed by atoms with van der Waals surface area (Å²) in [4.78, 5) is 0. The Balaban J connectivity index is 2.04. The Morgan fingerprint density at radius 1 is 1.29 bits per heavy atom. The molecule has 4 nitrogen and oxygen atoms in total. The van der Waals surface area contributed by atoms with E-state index in [4.69, 9.17) is 4.74 Å². The average molecular weight is 291 g/mol. The predicted octanol–water partition coefficient (Wildman–Crippen LogP) is 2.16. The molecule has 0 radical (unpaired) electrons. The first kappa shape index (κ1) is 16.3. The molecule has 0 amide bonds. The molecule has 3 N–H and O–H groups in total. The van der Waals surface area contributed by atoms with E-state index >= 15 is 0 Å². The van der Waals surface area contributed by atoms with Crippen LogP contribution >= 0.6 is 0 Å². The summed E-state index contributed by atoms with van der Waals surface area (Å²) in [7, 11) is 0. The van der Waals surface area contributed by atoms with Crippen LogP contribution in [0.15, 0.2) is 18.2 Å². The Kier molecular flexibility index (Phi) is 5.62. The van der Waals surface area contributed by atoms with Gasteiger partial charge >= 0.3 is 0 Å². The van der Waals surface area contributed by atoms with E-state index in [9.17, 15) is 0 Å². The van der Waals surface area contributed by atoms with Crippen molar-refractivity contribution in [2.75, 3.05) is 13.1 Å². The molecule has 4 heteroatoms. The van der Waals surface area contributed by atoms with Crippen molar-refractivity contribution >= 4 is 0 Å². The van der Waals surface area contributed by atoms with Crippen molar-refractivity contribution in [1.29, 1.82) is 0 Å². The third kappa shape index (κ3) is 3.96. The minimum Gasteiger partial charge on any atom is -0.489 e. The minimum atomic E-state index is 0.117. The molecule has 21 heavy (non-hydrogen) atoms. The fourth-order valence-corrected chi connectivity index (χ4v) is 2.94. The maximum atomic E-state index is 6.24. The van der Waals surface area contributed by atoms with Crippen LogP contribution in [0.5, 0.6) is 5.75 Å². The predicted molar refractivity (Wildman–Crippen MR) is 87.6 cm³/mol. The lowest BCUT2D eigenvalue weighted by Crippen LogP contribution is -2.45. The van der Waals surface area contributed by atoms with E-state index in [0.717, 1.165) is 18.8 Å². The van der Waals surface area contributed by atoms with Gasteiger partial charge in [0.05, 0.1) is 6.04 Å². The van der Waals surface area contributed by atoms with Gasteiger partial charge in [-0.2, -0.15) is 0 Å². The molecule has 1 fully saturated rings. The van der Waals surface area contributed by atoms with Crippen molar-refractivity contribution in [3.8, 4) is 5.75 Å². The molecule has 4 atom stereocenters. The second-order valence-electron chi connectivity index (χ2n) is 6.17. The number of hydrazine groups is 1. The molecule has 1 heterocycles. The first-order valence-electron chi connectivity index (χ1n) is 7.98. The summed E-state index contributed by atoms with van der Waals surface area (Å²) in [6.45, 7) is 12.7. The number of ether oxygens (including phenoxy) is 1. The number of nitrogens with one attached hydrogen (secondary N) is 3.